The van der Waals surface area contributed by atoms with Gasteiger partial charge in [0.15, 0.2) is 0 Å². The standard InChI is InChI=1S/C15H19FN4/c1-10-9-13(20-15(2,3)4)19-14(17-10)18-12-8-6-5-7-11(12)16/h5-9H,1-4H3,(H2,17,18,19,20). The number of anilines is 3. The van der Waals surface area contributed by atoms with Gasteiger partial charge in [0.1, 0.15) is 11.6 Å². The van der Waals surface area contributed by atoms with E-state index in [-0.39, 0.29) is 11.4 Å². The molecule has 0 aliphatic heterocycles. The lowest BCUT2D eigenvalue weighted by atomic mass is 10.1. The fourth-order valence-electron chi connectivity index (χ4n) is 1.76. The minimum absolute atomic E-state index is 0.101. The summed E-state index contributed by atoms with van der Waals surface area (Å²) in [6.45, 7) is 8.03. The first-order chi connectivity index (χ1) is 9.33. The molecule has 0 saturated heterocycles. The van der Waals surface area contributed by atoms with Gasteiger partial charge in [0, 0.05) is 17.3 Å². The summed E-state index contributed by atoms with van der Waals surface area (Å²) in [5.41, 5.74) is 1.07. The number of halogens is 1. The van der Waals surface area contributed by atoms with Gasteiger partial charge in [0.25, 0.3) is 0 Å². The zero-order valence-electron chi connectivity index (χ0n) is 12.2. The van der Waals surface area contributed by atoms with Crippen LogP contribution in [0.5, 0.6) is 0 Å². The number of aromatic nitrogens is 2. The van der Waals surface area contributed by atoms with Crippen LogP contribution in [-0.4, -0.2) is 15.5 Å². The second kappa shape index (κ2) is 5.45. The van der Waals surface area contributed by atoms with Crippen molar-refractivity contribution in [1.29, 1.82) is 0 Å². The van der Waals surface area contributed by atoms with Crippen LogP contribution in [0.4, 0.5) is 21.8 Å². The van der Waals surface area contributed by atoms with Gasteiger partial charge in [0.05, 0.1) is 5.69 Å². The number of hydrogen-bond donors (Lipinski definition) is 2. The van der Waals surface area contributed by atoms with Gasteiger partial charge in [-0.05, 0) is 39.8 Å². The second-order valence-electron chi connectivity index (χ2n) is 5.70. The van der Waals surface area contributed by atoms with Crippen LogP contribution in [0, 0.1) is 12.7 Å². The first-order valence-electron chi connectivity index (χ1n) is 6.49. The summed E-state index contributed by atoms with van der Waals surface area (Å²) in [4.78, 5) is 8.63. The van der Waals surface area contributed by atoms with E-state index in [1.54, 1.807) is 18.2 Å². The molecule has 0 amide bonds. The Kier molecular flexibility index (Phi) is 3.88. The maximum atomic E-state index is 13.6. The summed E-state index contributed by atoms with van der Waals surface area (Å²) in [6, 6.07) is 8.31. The van der Waals surface area contributed by atoms with Crippen molar-refractivity contribution in [2.75, 3.05) is 10.6 Å². The summed E-state index contributed by atoms with van der Waals surface area (Å²) in [5.74, 6) is 0.758. The first-order valence-corrected chi connectivity index (χ1v) is 6.49. The Morgan fingerprint density at radius 2 is 1.80 bits per heavy atom. The normalized spacial score (nSPS) is 11.2. The Balaban J connectivity index is 2.27. The van der Waals surface area contributed by atoms with Gasteiger partial charge in [-0.3, -0.25) is 0 Å². The van der Waals surface area contributed by atoms with Gasteiger partial charge < -0.3 is 10.6 Å². The molecule has 0 saturated carbocycles. The van der Waals surface area contributed by atoms with E-state index in [0.29, 0.717) is 17.5 Å². The molecule has 0 fully saturated rings. The number of nitrogens with one attached hydrogen (secondary N) is 2. The van der Waals surface area contributed by atoms with E-state index in [4.69, 9.17) is 0 Å². The molecule has 0 radical (unpaired) electrons. The highest BCUT2D eigenvalue weighted by Crippen LogP contribution is 2.20. The summed E-state index contributed by atoms with van der Waals surface area (Å²) in [5, 5.41) is 6.18. The predicted octanol–water partition coefficient (Wildman–Crippen LogP) is 3.88. The quantitative estimate of drug-likeness (QED) is 0.891. The molecule has 20 heavy (non-hydrogen) atoms. The molecule has 0 bridgehead atoms. The first kappa shape index (κ1) is 14.2. The molecule has 106 valence electrons. The van der Waals surface area contributed by atoms with Crippen LogP contribution in [0.3, 0.4) is 0 Å². The molecular formula is C15H19FN4. The molecule has 2 aromatic rings. The Morgan fingerprint density at radius 1 is 1.10 bits per heavy atom. The Hall–Kier alpha value is -2.17. The lowest BCUT2D eigenvalue weighted by Gasteiger charge is -2.21. The van der Waals surface area contributed by atoms with E-state index in [0.717, 1.165) is 5.69 Å². The minimum atomic E-state index is -0.331. The molecule has 2 rings (SSSR count). The van der Waals surface area contributed by atoms with E-state index < -0.39 is 0 Å². The fourth-order valence-corrected chi connectivity index (χ4v) is 1.76. The number of nitrogens with zero attached hydrogens (tertiary/aromatic N) is 2. The van der Waals surface area contributed by atoms with Crippen LogP contribution in [0.1, 0.15) is 26.5 Å². The molecule has 4 nitrogen and oxygen atoms in total. The lowest BCUT2D eigenvalue weighted by molar-refractivity contribution is 0.628. The van der Waals surface area contributed by atoms with E-state index >= 15 is 0 Å². The number of benzene rings is 1. The monoisotopic (exact) mass is 274 g/mol. The Bertz CT molecular complexity index is 605. The maximum absolute atomic E-state index is 13.6. The molecule has 0 aliphatic carbocycles. The van der Waals surface area contributed by atoms with Gasteiger partial charge in [0.2, 0.25) is 5.95 Å². The van der Waals surface area contributed by atoms with Crippen LogP contribution in [0.25, 0.3) is 0 Å². The summed E-state index contributed by atoms with van der Waals surface area (Å²) in [7, 11) is 0. The largest absolute Gasteiger partial charge is 0.365 e. The average Bonchev–Trinajstić information content (AvgIpc) is 2.29. The van der Waals surface area contributed by atoms with Crippen molar-refractivity contribution in [1.82, 2.24) is 9.97 Å². The van der Waals surface area contributed by atoms with Gasteiger partial charge in [-0.25, -0.2) is 9.37 Å². The molecule has 0 unspecified atom stereocenters. The van der Waals surface area contributed by atoms with Gasteiger partial charge in [-0.1, -0.05) is 12.1 Å². The van der Waals surface area contributed by atoms with E-state index in [1.165, 1.54) is 6.07 Å². The third-order valence-corrected chi connectivity index (χ3v) is 2.48. The van der Waals surface area contributed by atoms with Crippen molar-refractivity contribution in [3.8, 4) is 0 Å². The molecule has 0 aliphatic rings. The van der Waals surface area contributed by atoms with Crippen molar-refractivity contribution >= 4 is 17.5 Å². The molecule has 1 aromatic heterocycles. The molecule has 1 heterocycles. The van der Waals surface area contributed by atoms with Crippen LogP contribution in [0.15, 0.2) is 30.3 Å². The maximum Gasteiger partial charge on any atom is 0.229 e. The van der Waals surface area contributed by atoms with Crippen molar-refractivity contribution in [3.05, 3.63) is 41.8 Å². The smallest absolute Gasteiger partial charge is 0.229 e. The Labute approximate surface area is 118 Å². The van der Waals surface area contributed by atoms with Gasteiger partial charge in [-0.15, -0.1) is 0 Å². The van der Waals surface area contributed by atoms with Crippen molar-refractivity contribution < 1.29 is 4.39 Å². The van der Waals surface area contributed by atoms with E-state index in [2.05, 4.69) is 41.4 Å². The van der Waals surface area contributed by atoms with Crippen molar-refractivity contribution in [2.24, 2.45) is 0 Å². The number of aryl methyl sites for hydroxylation is 1. The third-order valence-electron chi connectivity index (χ3n) is 2.48. The molecule has 1 aromatic carbocycles. The summed E-state index contributed by atoms with van der Waals surface area (Å²) >= 11 is 0. The van der Waals surface area contributed by atoms with Crippen LogP contribution in [-0.2, 0) is 0 Å². The molecule has 0 spiro atoms. The fraction of sp³-hybridized carbons (Fsp3) is 0.333. The van der Waals surface area contributed by atoms with Crippen LogP contribution < -0.4 is 10.6 Å². The summed E-state index contributed by atoms with van der Waals surface area (Å²) < 4.78 is 13.6. The highest BCUT2D eigenvalue weighted by Gasteiger charge is 2.12. The van der Waals surface area contributed by atoms with Gasteiger partial charge >= 0.3 is 0 Å². The zero-order valence-corrected chi connectivity index (χ0v) is 12.2. The number of para-hydroxylation sites is 1. The molecular weight excluding hydrogens is 255 g/mol. The highest BCUT2D eigenvalue weighted by molar-refractivity contribution is 5.56. The molecule has 2 N–H and O–H groups in total. The predicted molar refractivity (Wildman–Crippen MR) is 79.8 cm³/mol. The van der Waals surface area contributed by atoms with E-state index in [9.17, 15) is 4.39 Å². The Morgan fingerprint density at radius 3 is 2.45 bits per heavy atom. The number of rotatable bonds is 3. The molecule has 0 atom stereocenters. The lowest BCUT2D eigenvalue weighted by Crippen LogP contribution is -2.27. The topological polar surface area (TPSA) is 49.8 Å². The zero-order chi connectivity index (χ0) is 14.8. The van der Waals surface area contributed by atoms with Crippen LogP contribution >= 0.6 is 0 Å². The summed E-state index contributed by atoms with van der Waals surface area (Å²) in [6.07, 6.45) is 0. The highest BCUT2D eigenvalue weighted by atomic mass is 19.1. The third kappa shape index (κ3) is 3.91. The van der Waals surface area contributed by atoms with Crippen LogP contribution in [0.2, 0.25) is 0 Å². The number of hydrogen-bond acceptors (Lipinski definition) is 4. The average molecular weight is 274 g/mol. The van der Waals surface area contributed by atoms with Crippen molar-refractivity contribution in [2.45, 2.75) is 33.2 Å². The second-order valence-corrected chi connectivity index (χ2v) is 5.70. The van der Waals surface area contributed by atoms with Gasteiger partial charge in [-0.2, -0.15) is 4.98 Å². The van der Waals surface area contributed by atoms with E-state index in [1.807, 2.05) is 13.0 Å². The molecule has 5 heteroatoms. The minimum Gasteiger partial charge on any atom is -0.365 e. The van der Waals surface area contributed by atoms with Crippen molar-refractivity contribution in [3.63, 3.8) is 0 Å². The SMILES string of the molecule is Cc1cc(NC(C)(C)C)nc(Nc2ccccc2F)n1.